The third-order valence-corrected chi connectivity index (χ3v) is 3.38. The van der Waals surface area contributed by atoms with Crippen molar-refractivity contribution in [1.82, 2.24) is 0 Å². The third kappa shape index (κ3) is 7.21. The third-order valence-electron chi connectivity index (χ3n) is 3.38. The second-order valence-electron chi connectivity index (χ2n) is 3.75. The fraction of sp³-hybridized carbons (Fsp3) is 0.400. The van der Waals surface area contributed by atoms with Crippen LogP contribution in [0.4, 0.5) is 0 Å². The molecule has 0 heterocycles. The molecule has 0 atom stereocenters. The van der Waals surface area contributed by atoms with Gasteiger partial charge in [0.25, 0.3) is 0 Å². The van der Waals surface area contributed by atoms with Crippen LogP contribution in [0, 0.1) is 61.5 Å². The summed E-state index contributed by atoms with van der Waals surface area (Å²) in [5.74, 6) is 0. The second-order valence-corrected chi connectivity index (χ2v) is 3.75. The van der Waals surface area contributed by atoms with Crippen molar-refractivity contribution in [3.63, 3.8) is 0 Å². The van der Waals surface area contributed by atoms with Gasteiger partial charge in [0.2, 0.25) is 0 Å². The Balaban J connectivity index is -0.000000142. The van der Waals surface area contributed by atoms with Crippen molar-refractivity contribution in [3.05, 3.63) is 53.3 Å². The van der Waals surface area contributed by atoms with Gasteiger partial charge in [0.15, 0.2) is 0 Å². The zero-order chi connectivity index (χ0) is 15.5. The van der Waals surface area contributed by atoms with Gasteiger partial charge in [0, 0.05) is 0 Å². The van der Waals surface area contributed by atoms with Crippen LogP contribution in [0.25, 0.3) is 0 Å². The van der Waals surface area contributed by atoms with Crippen LogP contribution in [0.2, 0.25) is 0 Å². The first-order chi connectivity index (χ1) is 8.46. The molecule has 0 saturated carbocycles. The van der Waals surface area contributed by atoms with E-state index in [4.69, 9.17) is 14.0 Å². The maximum atomic E-state index is 7.50. The van der Waals surface area contributed by atoms with E-state index in [1.165, 1.54) is 33.4 Å². The largest absolute Gasteiger partial charge is 6.00 e. The van der Waals surface area contributed by atoms with Crippen LogP contribution >= 0.6 is 0 Å². The molecule has 1 rings (SSSR count). The van der Waals surface area contributed by atoms with E-state index in [9.17, 15) is 0 Å². The predicted octanol–water partition coefficient (Wildman–Crippen LogP) is 3.42. The summed E-state index contributed by atoms with van der Waals surface area (Å²) >= 11 is 0. The molecule has 1 aromatic rings. The summed E-state index contributed by atoms with van der Waals surface area (Å²) in [6, 6.07) is 0. The first-order valence-corrected chi connectivity index (χ1v) is 5.11. The fourth-order valence-electron chi connectivity index (χ4n) is 1.69. The molecule has 0 aliphatic carbocycles. The normalized spacial score (nSPS) is 6.95. The average molecular weight is 298 g/mol. The van der Waals surface area contributed by atoms with Crippen LogP contribution in [0.5, 0.6) is 0 Å². The van der Waals surface area contributed by atoms with Crippen LogP contribution in [-0.4, -0.2) is 0 Å². The molecule has 0 fully saturated rings. The summed E-state index contributed by atoms with van der Waals surface area (Å²) in [7, 11) is 0. The van der Waals surface area contributed by atoms with Crippen molar-refractivity contribution < 1.29 is 31.3 Å². The summed E-state index contributed by atoms with van der Waals surface area (Å²) in [6.45, 7) is 26.8. The Morgan fingerprint density at radius 3 is 0.526 bits per heavy atom. The van der Waals surface area contributed by atoms with Gasteiger partial charge in [0.1, 0.15) is 0 Å². The molecule has 0 unspecified atom stereocenters. The quantitative estimate of drug-likeness (QED) is 0.520. The summed E-state index contributed by atoms with van der Waals surface area (Å²) in [5, 5.41) is 0. The summed E-state index contributed by atoms with van der Waals surface area (Å²) in [5.41, 5.74) is 8.73. The molecule has 3 nitrogen and oxygen atoms in total. The Hall–Kier alpha value is -1.03. The van der Waals surface area contributed by atoms with Crippen molar-refractivity contribution in [2.45, 2.75) is 41.5 Å². The van der Waals surface area contributed by atoms with Crippen molar-refractivity contribution >= 4 is 0 Å². The Morgan fingerprint density at radius 2 is 0.474 bits per heavy atom. The SMILES string of the molecule is Cc1c(C)c(C)c(C)c(C)c1C.[C-]#[O+].[C-]#[O+].[C-]#[O+].[Cr+6]. The zero-order valence-corrected chi connectivity index (χ0v) is 13.4. The molecular weight excluding hydrogens is 280 g/mol. The van der Waals surface area contributed by atoms with Gasteiger partial charge < -0.3 is 0 Å². The van der Waals surface area contributed by atoms with Crippen molar-refractivity contribution in [1.29, 1.82) is 0 Å². The van der Waals surface area contributed by atoms with E-state index in [0.29, 0.717) is 0 Å². The fourth-order valence-corrected chi connectivity index (χ4v) is 1.69. The monoisotopic (exact) mass is 298 g/mol. The van der Waals surface area contributed by atoms with Crippen LogP contribution in [-0.2, 0) is 31.3 Å². The molecule has 0 amide bonds. The number of rotatable bonds is 0. The molecule has 19 heavy (non-hydrogen) atoms. The Kier molecular flexibility index (Phi) is 21.0. The Bertz CT molecular complexity index is 324. The van der Waals surface area contributed by atoms with Gasteiger partial charge in [-0.05, 0) is 74.9 Å². The van der Waals surface area contributed by atoms with E-state index in [1.54, 1.807) is 0 Å². The number of hydrogen-bond donors (Lipinski definition) is 0. The van der Waals surface area contributed by atoms with E-state index >= 15 is 0 Å². The topological polar surface area (TPSA) is 59.7 Å². The van der Waals surface area contributed by atoms with E-state index in [2.05, 4.69) is 61.5 Å². The minimum atomic E-state index is 0. The molecule has 96 valence electrons. The van der Waals surface area contributed by atoms with Gasteiger partial charge in [-0.25, -0.2) is 0 Å². The molecule has 0 N–H and O–H groups in total. The zero-order valence-electron chi connectivity index (χ0n) is 12.1. The predicted molar refractivity (Wildman–Crippen MR) is 66.7 cm³/mol. The van der Waals surface area contributed by atoms with Crippen molar-refractivity contribution in [2.24, 2.45) is 0 Å². The minimum absolute atomic E-state index is 0. The molecule has 0 spiro atoms. The smallest absolute Gasteiger partial charge is 6.00 e. The molecule has 4 heteroatoms. The van der Waals surface area contributed by atoms with Gasteiger partial charge >= 0.3 is 51.3 Å². The average Bonchev–Trinajstić information content (AvgIpc) is 2.47. The van der Waals surface area contributed by atoms with Gasteiger partial charge in [0.05, 0.1) is 0 Å². The second kappa shape index (κ2) is 15.0. The van der Waals surface area contributed by atoms with E-state index in [-0.39, 0.29) is 17.4 Å². The van der Waals surface area contributed by atoms with E-state index in [0.717, 1.165) is 0 Å². The van der Waals surface area contributed by atoms with Gasteiger partial charge in [-0.2, -0.15) is 0 Å². The Labute approximate surface area is 126 Å². The molecule has 0 bridgehead atoms. The van der Waals surface area contributed by atoms with Gasteiger partial charge in [-0.1, -0.05) is 0 Å². The number of hydrogen-bond acceptors (Lipinski definition) is 0. The van der Waals surface area contributed by atoms with Crippen LogP contribution in [0.15, 0.2) is 0 Å². The van der Waals surface area contributed by atoms with E-state index in [1.807, 2.05) is 0 Å². The van der Waals surface area contributed by atoms with E-state index < -0.39 is 0 Å². The molecule has 0 aliphatic rings. The molecular formula is C15H18CrO3+6. The van der Waals surface area contributed by atoms with Crippen LogP contribution < -0.4 is 0 Å². The minimum Gasteiger partial charge on any atom is 6.00 e. The molecule has 0 aromatic heterocycles. The maximum absolute atomic E-state index is 7.50. The van der Waals surface area contributed by atoms with Crippen LogP contribution in [0.3, 0.4) is 0 Å². The molecule has 0 radical (unpaired) electrons. The standard InChI is InChI=1S/C12H18.3CO.Cr/c1-7-8(2)10(4)12(6)11(5)9(7)3;3*1-2;/h1-6H3;;;;/q;;;;+6. The summed E-state index contributed by atoms with van der Waals surface area (Å²) < 4.78 is 22.5. The first kappa shape index (κ1) is 26.5. The van der Waals surface area contributed by atoms with Crippen molar-refractivity contribution in [2.75, 3.05) is 0 Å². The molecule has 1 aromatic carbocycles. The van der Waals surface area contributed by atoms with Crippen LogP contribution in [0.1, 0.15) is 33.4 Å². The molecule has 0 saturated heterocycles. The summed E-state index contributed by atoms with van der Waals surface area (Å²) in [4.78, 5) is 0. The maximum Gasteiger partial charge on any atom is 6.00 e. The Morgan fingerprint density at radius 1 is 0.421 bits per heavy atom. The number of benzene rings is 1. The van der Waals surface area contributed by atoms with Gasteiger partial charge in [-0.15, -0.1) is 0 Å². The molecule has 0 aliphatic heterocycles. The first-order valence-electron chi connectivity index (χ1n) is 5.11. The summed E-state index contributed by atoms with van der Waals surface area (Å²) in [6.07, 6.45) is 0. The van der Waals surface area contributed by atoms with Crippen molar-refractivity contribution in [3.8, 4) is 0 Å². The van der Waals surface area contributed by atoms with Gasteiger partial charge in [-0.3, -0.25) is 0 Å².